The van der Waals surface area contributed by atoms with E-state index in [0.29, 0.717) is 17.7 Å². The quantitative estimate of drug-likeness (QED) is 0.833. The molecule has 4 heteroatoms. The summed E-state index contributed by atoms with van der Waals surface area (Å²) in [6.07, 6.45) is -0.362. The number of benzene rings is 2. The van der Waals surface area contributed by atoms with Crippen molar-refractivity contribution in [2.24, 2.45) is 0 Å². The van der Waals surface area contributed by atoms with Gasteiger partial charge < -0.3 is 9.84 Å². The van der Waals surface area contributed by atoms with Gasteiger partial charge in [0.1, 0.15) is 17.7 Å². The van der Waals surface area contributed by atoms with Gasteiger partial charge in [0.2, 0.25) is 0 Å². The third-order valence-corrected chi connectivity index (χ3v) is 4.08. The monoisotopic (exact) mass is 336 g/mol. The van der Waals surface area contributed by atoms with Gasteiger partial charge in [-0.1, -0.05) is 22.0 Å². The van der Waals surface area contributed by atoms with Crippen LogP contribution in [0.15, 0.2) is 40.9 Å². The Bertz CT molecular complexity index is 657. The van der Waals surface area contributed by atoms with E-state index in [4.69, 9.17) is 4.74 Å². The molecule has 0 saturated heterocycles. The molecule has 0 amide bonds. The number of rotatable bonds is 1. The minimum atomic E-state index is -0.577. The number of aryl methyl sites for hydroxylation is 1. The van der Waals surface area contributed by atoms with Crippen molar-refractivity contribution in [3.05, 3.63) is 63.4 Å². The van der Waals surface area contributed by atoms with Gasteiger partial charge in [-0.15, -0.1) is 0 Å². The highest BCUT2D eigenvalue weighted by atomic mass is 79.9. The summed E-state index contributed by atoms with van der Waals surface area (Å²) < 4.78 is 20.2. The van der Waals surface area contributed by atoms with Gasteiger partial charge in [0, 0.05) is 16.5 Å². The number of aliphatic hydroxyl groups excluding tert-OH is 1. The van der Waals surface area contributed by atoms with Crippen molar-refractivity contribution in [3.63, 3.8) is 0 Å². The number of fused-ring (bicyclic) bond motifs is 1. The van der Waals surface area contributed by atoms with Gasteiger partial charge in [-0.05, 0) is 48.4 Å². The van der Waals surface area contributed by atoms with E-state index in [-0.39, 0.29) is 11.9 Å². The van der Waals surface area contributed by atoms with Crippen LogP contribution in [0.5, 0.6) is 5.75 Å². The molecule has 104 valence electrons. The first-order chi connectivity index (χ1) is 9.54. The maximum Gasteiger partial charge on any atom is 0.127 e. The smallest absolute Gasteiger partial charge is 0.127 e. The Morgan fingerprint density at radius 2 is 2.05 bits per heavy atom. The zero-order chi connectivity index (χ0) is 14.3. The first-order valence-electron chi connectivity index (χ1n) is 6.45. The highest BCUT2D eigenvalue weighted by Gasteiger charge is 2.28. The van der Waals surface area contributed by atoms with Crippen LogP contribution in [0.2, 0.25) is 0 Å². The number of hydrogen-bond acceptors (Lipinski definition) is 2. The highest BCUT2D eigenvalue weighted by Crippen LogP contribution is 2.41. The Morgan fingerprint density at radius 3 is 2.80 bits per heavy atom. The molecule has 2 atom stereocenters. The molecule has 1 N–H and O–H groups in total. The Balaban J connectivity index is 1.94. The third-order valence-electron chi connectivity index (χ3n) is 3.59. The van der Waals surface area contributed by atoms with Gasteiger partial charge in [0.15, 0.2) is 0 Å². The van der Waals surface area contributed by atoms with Gasteiger partial charge in [0.25, 0.3) is 0 Å². The fourth-order valence-electron chi connectivity index (χ4n) is 2.49. The van der Waals surface area contributed by atoms with Crippen molar-refractivity contribution in [1.82, 2.24) is 0 Å². The van der Waals surface area contributed by atoms with Crippen molar-refractivity contribution in [2.45, 2.75) is 25.6 Å². The van der Waals surface area contributed by atoms with E-state index in [2.05, 4.69) is 15.9 Å². The summed E-state index contributed by atoms with van der Waals surface area (Å²) in [4.78, 5) is 0. The molecule has 0 radical (unpaired) electrons. The third kappa shape index (κ3) is 2.45. The summed E-state index contributed by atoms with van der Waals surface area (Å²) in [7, 11) is 0. The normalized spacial score (nSPS) is 21.2. The predicted molar refractivity (Wildman–Crippen MR) is 78.2 cm³/mol. The number of hydrogen-bond donors (Lipinski definition) is 1. The first kappa shape index (κ1) is 13.6. The molecule has 1 heterocycles. The van der Waals surface area contributed by atoms with Crippen LogP contribution in [0, 0.1) is 12.7 Å². The summed E-state index contributed by atoms with van der Waals surface area (Å²) in [5.74, 6) is 0.452. The van der Waals surface area contributed by atoms with Gasteiger partial charge >= 0.3 is 0 Å². The Labute approximate surface area is 125 Å². The van der Waals surface area contributed by atoms with Gasteiger partial charge in [0.05, 0.1) is 6.10 Å². The van der Waals surface area contributed by atoms with Crippen LogP contribution in [-0.2, 0) is 0 Å². The van der Waals surface area contributed by atoms with Crippen LogP contribution in [0.25, 0.3) is 0 Å². The van der Waals surface area contributed by atoms with E-state index in [1.807, 2.05) is 18.2 Å². The van der Waals surface area contributed by atoms with E-state index in [1.165, 1.54) is 6.07 Å². The molecule has 0 spiro atoms. The second kappa shape index (κ2) is 5.19. The minimum absolute atomic E-state index is 0.227. The van der Waals surface area contributed by atoms with Crippen molar-refractivity contribution in [3.8, 4) is 5.75 Å². The molecule has 2 aromatic carbocycles. The largest absolute Gasteiger partial charge is 0.485 e. The Hall–Kier alpha value is -1.39. The average Bonchev–Trinajstić information content (AvgIpc) is 2.42. The van der Waals surface area contributed by atoms with Crippen molar-refractivity contribution in [2.75, 3.05) is 0 Å². The lowest BCUT2D eigenvalue weighted by Gasteiger charge is -2.30. The molecule has 0 fully saturated rings. The predicted octanol–water partition coefficient (Wildman–Crippen LogP) is 4.45. The summed E-state index contributed by atoms with van der Waals surface area (Å²) >= 11 is 3.39. The maximum absolute atomic E-state index is 13.3. The summed E-state index contributed by atoms with van der Waals surface area (Å²) in [6.45, 7) is 1.73. The van der Waals surface area contributed by atoms with Crippen LogP contribution < -0.4 is 4.74 Å². The van der Waals surface area contributed by atoms with E-state index >= 15 is 0 Å². The number of halogens is 2. The molecule has 1 aliphatic heterocycles. The first-order valence-corrected chi connectivity index (χ1v) is 7.24. The lowest BCUT2D eigenvalue weighted by Crippen LogP contribution is -2.19. The minimum Gasteiger partial charge on any atom is -0.485 e. The molecule has 2 nitrogen and oxygen atoms in total. The van der Waals surface area contributed by atoms with E-state index in [9.17, 15) is 9.50 Å². The summed E-state index contributed by atoms with van der Waals surface area (Å²) in [5, 5.41) is 10.3. The second-order valence-corrected chi connectivity index (χ2v) is 5.96. The van der Waals surface area contributed by atoms with Crippen molar-refractivity contribution >= 4 is 15.9 Å². The van der Waals surface area contributed by atoms with Crippen LogP contribution >= 0.6 is 15.9 Å². The molecule has 0 bridgehead atoms. The molecule has 0 saturated carbocycles. The lowest BCUT2D eigenvalue weighted by atomic mass is 9.94. The molecule has 20 heavy (non-hydrogen) atoms. The van der Waals surface area contributed by atoms with Crippen LogP contribution in [0.4, 0.5) is 4.39 Å². The molecular formula is C16H14BrFO2. The van der Waals surface area contributed by atoms with Gasteiger partial charge in [-0.3, -0.25) is 0 Å². The van der Waals surface area contributed by atoms with Crippen LogP contribution in [-0.4, -0.2) is 5.11 Å². The molecule has 0 aliphatic carbocycles. The standard InChI is InChI=1S/C16H14BrFO2/c1-9-6-10(2-4-13(9)18)16-8-14(19)12-7-11(17)3-5-15(12)20-16/h2-7,14,16,19H,8H2,1H3/t14-,16?/m0/s1. The topological polar surface area (TPSA) is 29.5 Å². The lowest BCUT2D eigenvalue weighted by molar-refractivity contribution is 0.0656. The fourth-order valence-corrected chi connectivity index (χ4v) is 2.87. The van der Waals surface area contributed by atoms with E-state index in [1.54, 1.807) is 19.1 Å². The number of aliphatic hydroxyl groups is 1. The van der Waals surface area contributed by atoms with E-state index < -0.39 is 6.10 Å². The average molecular weight is 337 g/mol. The Morgan fingerprint density at radius 1 is 1.25 bits per heavy atom. The fraction of sp³-hybridized carbons (Fsp3) is 0.250. The zero-order valence-electron chi connectivity index (χ0n) is 10.9. The zero-order valence-corrected chi connectivity index (χ0v) is 12.5. The van der Waals surface area contributed by atoms with Crippen LogP contribution in [0.1, 0.15) is 35.3 Å². The summed E-state index contributed by atoms with van der Waals surface area (Å²) in [6, 6.07) is 10.5. The van der Waals surface area contributed by atoms with E-state index in [0.717, 1.165) is 15.6 Å². The molecule has 2 aromatic rings. The summed E-state index contributed by atoms with van der Waals surface area (Å²) in [5.41, 5.74) is 2.26. The van der Waals surface area contributed by atoms with Gasteiger partial charge in [-0.2, -0.15) is 0 Å². The SMILES string of the molecule is Cc1cc(C2C[C@H](O)c3cc(Br)ccc3O2)ccc1F. The van der Waals surface area contributed by atoms with Crippen molar-refractivity contribution in [1.29, 1.82) is 0 Å². The van der Waals surface area contributed by atoms with Crippen LogP contribution in [0.3, 0.4) is 0 Å². The molecule has 3 rings (SSSR count). The molecule has 1 aliphatic rings. The van der Waals surface area contributed by atoms with Gasteiger partial charge in [-0.25, -0.2) is 4.39 Å². The molecular weight excluding hydrogens is 323 g/mol. The second-order valence-electron chi connectivity index (χ2n) is 5.05. The molecule has 1 unspecified atom stereocenters. The molecule has 0 aromatic heterocycles. The Kier molecular flexibility index (Phi) is 3.52. The number of ether oxygens (including phenoxy) is 1. The van der Waals surface area contributed by atoms with Crippen molar-refractivity contribution < 1.29 is 14.2 Å². The highest BCUT2D eigenvalue weighted by molar-refractivity contribution is 9.10. The maximum atomic E-state index is 13.3.